The summed E-state index contributed by atoms with van der Waals surface area (Å²) in [5.41, 5.74) is 1.14. The molecule has 0 saturated carbocycles. The van der Waals surface area contributed by atoms with E-state index in [1.54, 1.807) is 12.3 Å². The number of hydrogen-bond acceptors (Lipinski definition) is 4. The summed E-state index contributed by atoms with van der Waals surface area (Å²) in [5.74, 6) is 0. The van der Waals surface area contributed by atoms with Crippen LogP contribution in [0, 0.1) is 0 Å². The average molecular weight is 363 g/mol. The highest BCUT2D eigenvalue weighted by atomic mass is 32.2. The summed E-state index contributed by atoms with van der Waals surface area (Å²) in [6, 6.07) is 10.9. The first-order valence-electron chi connectivity index (χ1n) is 7.62. The summed E-state index contributed by atoms with van der Waals surface area (Å²) >= 11 is 1.09. The number of thioether (sulfide) groups is 1. The Balaban J connectivity index is 1.90. The molecule has 0 atom stereocenters. The van der Waals surface area contributed by atoms with Gasteiger partial charge in [0.2, 0.25) is 0 Å². The van der Waals surface area contributed by atoms with Gasteiger partial charge in [-0.05, 0) is 17.9 Å². The van der Waals surface area contributed by atoms with Gasteiger partial charge in [-0.2, -0.15) is 13.2 Å². The van der Waals surface area contributed by atoms with Crippen LogP contribution < -0.4 is 0 Å². The van der Waals surface area contributed by atoms with Gasteiger partial charge in [-0.25, -0.2) is 9.97 Å². The van der Waals surface area contributed by atoms with Gasteiger partial charge in [0.25, 0.3) is 0 Å². The molecule has 2 heterocycles. The maximum atomic E-state index is 13.1. The molecule has 0 bridgehead atoms. The molecule has 3 nitrogen and oxygen atoms in total. The first-order chi connectivity index (χ1) is 12.0. The second-order valence-electron chi connectivity index (χ2n) is 5.52. The Hall–Kier alpha value is -2.28. The van der Waals surface area contributed by atoms with Crippen molar-refractivity contribution in [2.75, 3.05) is 12.8 Å². The summed E-state index contributed by atoms with van der Waals surface area (Å²) in [6.07, 6.45) is 2.73. The van der Waals surface area contributed by atoms with Crippen molar-refractivity contribution in [3.8, 4) is 0 Å². The van der Waals surface area contributed by atoms with Gasteiger partial charge in [0.1, 0.15) is 5.69 Å². The molecule has 1 aliphatic heterocycles. The highest BCUT2D eigenvalue weighted by Crippen LogP contribution is 2.31. The van der Waals surface area contributed by atoms with Gasteiger partial charge < -0.3 is 4.90 Å². The SMILES string of the molecule is CSc1nc(C2=CN(Cc3ccccc3)CC=C2)cc(C(F)(F)F)n1. The lowest BCUT2D eigenvalue weighted by atomic mass is 10.1. The lowest BCUT2D eigenvalue weighted by Crippen LogP contribution is -2.20. The maximum Gasteiger partial charge on any atom is 0.433 e. The fraction of sp³-hybridized carbons (Fsp3) is 0.222. The number of halogens is 3. The number of benzene rings is 1. The van der Waals surface area contributed by atoms with Crippen molar-refractivity contribution in [1.82, 2.24) is 14.9 Å². The summed E-state index contributed by atoms with van der Waals surface area (Å²) < 4.78 is 39.2. The first kappa shape index (κ1) is 17.5. The van der Waals surface area contributed by atoms with E-state index >= 15 is 0 Å². The van der Waals surface area contributed by atoms with Crippen LogP contribution in [0.2, 0.25) is 0 Å². The van der Waals surface area contributed by atoms with E-state index in [0.717, 1.165) is 23.4 Å². The van der Waals surface area contributed by atoms with Crippen LogP contribution in [0.15, 0.2) is 59.9 Å². The van der Waals surface area contributed by atoms with Crippen LogP contribution in [-0.2, 0) is 12.7 Å². The van der Waals surface area contributed by atoms with Gasteiger partial charge in [0.05, 0.1) is 5.69 Å². The minimum absolute atomic E-state index is 0.110. The first-order valence-corrected chi connectivity index (χ1v) is 8.85. The smallest absolute Gasteiger partial charge is 0.369 e. The molecule has 0 amide bonds. The Morgan fingerprint density at radius 2 is 1.92 bits per heavy atom. The molecule has 0 N–H and O–H groups in total. The average Bonchev–Trinajstić information content (AvgIpc) is 2.61. The van der Waals surface area contributed by atoms with Crippen LogP contribution >= 0.6 is 11.8 Å². The third kappa shape index (κ3) is 4.42. The van der Waals surface area contributed by atoms with Crippen molar-refractivity contribution in [2.45, 2.75) is 17.9 Å². The second kappa shape index (κ2) is 7.31. The molecule has 1 aromatic heterocycles. The van der Waals surface area contributed by atoms with Crippen molar-refractivity contribution in [2.24, 2.45) is 0 Å². The number of aromatic nitrogens is 2. The Bertz CT molecular complexity index is 801. The minimum atomic E-state index is -4.50. The van der Waals surface area contributed by atoms with Gasteiger partial charge in [-0.3, -0.25) is 0 Å². The van der Waals surface area contributed by atoms with Crippen molar-refractivity contribution < 1.29 is 13.2 Å². The Morgan fingerprint density at radius 3 is 2.60 bits per heavy atom. The summed E-state index contributed by atoms with van der Waals surface area (Å²) in [5, 5.41) is 0.110. The molecule has 130 valence electrons. The van der Waals surface area contributed by atoms with Gasteiger partial charge in [0.15, 0.2) is 5.16 Å². The number of hydrogen-bond donors (Lipinski definition) is 0. The second-order valence-corrected chi connectivity index (χ2v) is 6.30. The molecule has 7 heteroatoms. The van der Waals surface area contributed by atoms with Gasteiger partial charge >= 0.3 is 6.18 Å². The van der Waals surface area contributed by atoms with Crippen LogP contribution in [0.25, 0.3) is 5.57 Å². The molecule has 2 aromatic rings. The molecule has 1 aromatic carbocycles. The predicted molar refractivity (Wildman–Crippen MR) is 92.8 cm³/mol. The van der Waals surface area contributed by atoms with E-state index in [-0.39, 0.29) is 10.9 Å². The highest BCUT2D eigenvalue weighted by Gasteiger charge is 2.34. The molecule has 3 rings (SSSR count). The van der Waals surface area contributed by atoms with E-state index in [1.165, 1.54) is 0 Å². The number of nitrogens with zero attached hydrogens (tertiary/aromatic N) is 3. The molecular weight excluding hydrogens is 347 g/mol. The van der Waals surface area contributed by atoms with Crippen LogP contribution in [-0.4, -0.2) is 27.7 Å². The maximum absolute atomic E-state index is 13.1. The van der Waals surface area contributed by atoms with Crippen LogP contribution in [0.1, 0.15) is 17.0 Å². The summed E-state index contributed by atoms with van der Waals surface area (Å²) in [6.45, 7) is 1.38. The molecule has 0 unspecified atom stereocenters. The third-order valence-electron chi connectivity index (χ3n) is 3.66. The third-order valence-corrected chi connectivity index (χ3v) is 4.21. The zero-order valence-electron chi connectivity index (χ0n) is 13.5. The molecular formula is C18H16F3N3S. The molecule has 0 aliphatic carbocycles. The topological polar surface area (TPSA) is 29.0 Å². The van der Waals surface area contributed by atoms with E-state index < -0.39 is 11.9 Å². The molecule has 0 saturated heterocycles. The normalized spacial score (nSPS) is 14.6. The highest BCUT2D eigenvalue weighted by molar-refractivity contribution is 7.98. The Labute approximate surface area is 148 Å². The largest absolute Gasteiger partial charge is 0.433 e. The Morgan fingerprint density at radius 1 is 1.16 bits per heavy atom. The van der Waals surface area contributed by atoms with Gasteiger partial charge in [0, 0.05) is 24.9 Å². The van der Waals surface area contributed by atoms with Crippen molar-refractivity contribution in [1.29, 1.82) is 0 Å². The minimum Gasteiger partial charge on any atom is -0.369 e. The Kier molecular flexibility index (Phi) is 5.13. The van der Waals surface area contributed by atoms with Crippen molar-refractivity contribution in [3.63, 3.8) is 0 Å². The van der Waals surface area contributed by atoms with E-state index in [4.69, 9.17) is 0 Å². The van der Waals surface area contributed by atoms with Crippen LogP contribution in [0.4, 0.5) is 13.2 Å². The van der Waals surface area contributed by atoms with Gasteiger partial charge in [-0.15, -0.1) is 0 Å². The van der Waals surface area contributed by atoms with Crippen LogP contribution in [0.5, 0.6) is 0 Å². The monoisotopic (exact) mass is 363 g/mol. The van der Waals surface area contributed by atoms with E-state index in [0.29, 0.717) is 18.7 Å². The quantitative estimate of drug-likeness (QED) is 0.585. The molecule has 0 fully saturated rings. The van der Waals surface area contributed by atoms with E-state index in [9.17, 15) is 13.2 Å². The fourth-order valence-electron chi connectivity index (χ4n) is 2.50. The number of allylic oxidation sites excluding steroid dienone is 2. The standard InChI is InChI=1S/C18H16F3N3S/c1-25-17-22-15(10-16(23-17)18(19,20)21)14-8-5-9-24(12-14)11-13-6-3-2-4-7-13/h2-8,10,12H,9,11H2,1H3. The molecule has 0 radical (unpaired) electrons. The van der Waals surface area contributed by atoms with Crippen molar-refractivity contribution >= 4 is 17.3 Å². The fourth-order valence-corrected chi connectivity index (χ4v) is 2.88. The van der Waals surface area contributed by atoms with Crippen molar-refractivity contribution in [3.05, 3.63) is 71.7 Å². The zero-order chi connectivity index (χ0) is 17.9. The molecule has 0 spiro atoms. The lowest BCUT2D eigenvalue weighted by molar-refractivity contribution is -0.141. The summed E-state index contributed by atoms with van der Waals surface area (Å²) in [4.78, 5) is 9.84. The number of alkyl halides is 3. The zero-order valence-corrected chi connectivity index (χ0v) is 14.3. The van der Waals surface area contributed by atoms with E-state index in [1.807, 2.05) is 47.5 Å². The predicted octanol–water partition coefficient (Wildman–Crippen LogP) is 4.63. The summed E-state index contributed by atoms with van der Waals surface area (Å²) in [7, 11) is 0. The molecule has 1 aliphatic rings. The van der Waals surface area contributed by atoms with E-state index in [2.05, 4.69) is 9.97 Å². The van der Waals surface area contributed by atoms with Gasteiger partial charge in [-0.1, -0.05) is 54.2 Å². The number of rotatable bonds is 4. The molecule has 25 heavy (non-hydrogen) atoms. The lowest BCUT2D eigenvalue weighted by Gasteiger charge is -2.23. The van der Waals surface area contributed by atoms with Crippen LogP contribution in [0.3, 0.4) is 0 Å².